The summed E-state index contributed by atoms with van der Waals surface area (Å²) < 4.78 is 0. The van der Waals surface area contributed by atoms with Crippen molar-refractivity contribution in [1.82, 2.24) is 0 Å². The van der Waals surface area contributed by atoms with Crippen molar-refractivity contribution in [1.29, 1.82) is 0 Å². The highest BCUT2D eigenvalue weighted by molar-refractivity contribution is 7.10. The predicted molar refractivity (Wildman–Crippen MR) is 49.7 cm³/mol. The van der Waals surface area contributed by atoms with Crippen molar-refractivity contribution >= 4 is 17.3 Å². The summed E-state index contributed by atoms with van der Waals surface area (Å²) in [6.45, 7) is 3.88. The smallest absolute Gasteiger partial charge is 0.310 e. The Balaban J connectivity index is 2.87. The summed E-state index contributed by atoms with van der Waals surface area (Å²) in [6.07, 6.45) is 0.658. The summed E-state index contributed by atoms with van der Waals surface area (Å²) in [6, 6.07) is 1.95. The van der Waals surface area contributed by atoms with Crippen molar-refractivity contribution in [3.8, 4) is 0 Å². The lowest BCUT2D eigenvalue weighted by Gasteiger charge is -2.05. The lowest BCUT2D eigenvalue weighted by molar-refractivity contribution is -0.138. The van der Waals surface area contributed by atoms with Crippen molar-refractivity contribution in [2.45, 2.75) is 26.2 Å². The van der Waals surface area contributed by atoms with E-state index in [9.17, 15) is 4.79 Å². The van der Waals surface area contributed by atoms with Crippen LogP contribution in [0.3, 0.4) is 0 Å². The van der Waals surface area contributed by atoms with E-state index < -0.39 is 5.97 Å². The molecule has 0 saturated carbocycles. The molecule has 0 fully saturated rings. The summed E-state index contributed by atoms with van der Waals surface area (Å²) in [7, 11) is 0. The molecule has 0 spiro atoms. The van der Waals surface area contributed by atoms with Gasteiger partial charge in [0.2, 0.25) is 0 Å². The second-order valence-corrected chi connectivity index (χ2v) is 3.91. The monoisotopic (exact) mass is 184 g/mol. The van der Waals surface area contributed by atoms with Gasteiger partial charge in [0.05, 0.1) is 5.92 Å². The van der Waals surface area contributed by atoms with Gasteiger partial charge in [0.1, 0.15) is 0 Å². The highest BCUT2D eigenvalue weighted by Crippen LogP contribution is 2.24. The molecule has 12 heavy (non-hydrogen) atoms. The minimum atomic E-state index is -0.727. The minimum absolute atomic E-state index is 0.324. The number of aryl methyl sites for hydroxylation is 1. The molecule has 2 nitrogen and oxygen atoms in total. The van der Waals surface area contributed by atoms with Gasteiger partial charge >= 0.3 is 5.97 Å². The highest BCUT2D eigenvalue weighted by atomic mass is 32.1. The lowest BCUT2D eigenvalue weighted by atomic mass is 10.00. The van der Waals surface area contributed by atoms with E-state index in [1.807, 2.05) is 25.3 Å². The van der Waals surface area contributed by atoms with Crippen molar-refractivity contribution < 1.29 is 9.90 Å². The third-order valence-electron chi connectivity index (χ3n) is 1.86. The van der Waals surface area contributed by atoms with Gasteiger partial charge in [-0.25, -0.2) is 0 Å². The Morgan fingerprint density at radius 2 is 2.42 bits per heavy atom. The molecule has 0 bridgehead atoms. The number of carboxylic acid groups (broad SMARTS) is 1. The summed E-state index contributed by atoms with van der Waals surface area (Å²) in [4.78, 5) is 11.9. The van der Waals surface area contributed by atoms with Crippen LogP contribution in [0.4, 0.5) is 0 Å². The fraction of sp³-hybridized carbons (Fsp3) is 0.444. The van der Waals surface area contributed by atoms with Gasteiger partial charge in [-0.05, 0) is 30.4 Å². The lowest BCUT2D eigenvalue weighted by Crippen LogP contribution is -2.09. The van der Waals surface area contributed by atoms with Gasteiger partial charge in [0, 0.05) is 4.88 Å². The standard InChI is InChI=1S/C9H12O2S/c1-3-8(9(10)11)7-4-6(2)12-5-7/h4-5,8H,3H2,1-2H3,(H,10,11). The summed E-state index contributed by atoms with van der Waals surface area (Å²) in [5, 5.41) is 10.8. The van der Waals surface area contributed by atoms with Crippen molar-refractivity contribution in [3.05, 3.63) is 21.9 Å². The quantitative estimate of drug-likeness (QED) is 0.784. The molecule has 0 saturated heterocycles. The molecule has 1 aromatic heterocycles. The molecule has 1 unspecified atom stereocenters. The normalized spacial score (nSPS) is 12.8. The number of aliphatic carboxylic acids is 1. The van der Waals surface area contributed by atoms with E-state index in [4.69, 9.17) is 5.11 Å². The number of hydrogen-bond acceptors (Lipinski definition) is 2. The number of carbonyl (C=O) groups is 1. The minimum Gasteiger partial charge on any atom is -0.481 e. The van der Waals surface area contributed by atoms with Crippen LogP contribution in [-0.2, 0) is 4.79 Å². The zero-order chi connectivity index (χ0) is 9.14. The molecule has 3 heteroatoms. The van der Waals surface area contributed by atoms with Gasteiger partial charge in [-0.15, -0.1) is 11.3 Å². The van der Waals surface area contributed by atoms with Crippen molar-refractivity contribution in [3.63, 3.8) is 0 Å². The van der Waals surface area contributed by atoms with Crippen LogP contribution in [0, 0.1) is 6.92 Å². The van der Waals surface area contributed by atoms with E-state index >= 15 is 0 Å². The zero-order valence-electron chi connectivity index (χ0n) is 7.20. The molecule has 66 valence electrons. The van der Waals surface area contributed by atoms with Gasteiger partial charge in [-0.2, -0.15) is 0 Å². The highest BCUT2D eigenvalue weighted by Gasteiger charge is 2.17. The van der Waals surface area contributed by atoms with Gasteiger partial charge < -0.3 is 5.11 Å². The molecule has 0 aromatic carbocycles. The molecule has 0 aliphatic rings. The van der Waals surface area contributed by atoms with Crippen LogP contribution < -0.4 is 0 Å². The van der Waals surface area contributed by atoms with Crippen LogP contribution in [-0.4, -0.2) is 11.1 Å². The SMILES string of the molecule is CCC(C(=O)O)c1csc(C)c1. The van der Waals surface area contributed by atoms with E-state index in [-0.39, 0.29) is 5.92 Å². The molecule has 0 amide bonds. The Bertz CT molecular complexity index is 278. The maximum absolute atomic E-state index is 10.7. The Labute approximate surface area is 75.9 Å². The van der Waals surface area contributed by atoms with Crippen LogP contribution in [0.1, 0.15) is 29.7 Å². The molecular weight excluding hydrogens is 172 g/mol. The van der Waals surface area contributed by atoms with Crippen LogP contribution in [0.25, 0.3) is 0 Å². The number of carboxylic acids is 1. The fourth-order valence-electron chi connectivity index (χ4n) is 1.20. The van der Waals surface area contributed by atoms with Crippen LogP contribution >= 0.6 is 11.3 Å². The third-order valence-corrected chi connectivity index (χ3v) is 2.74. The van der Waals surface area contributed by atoms with Crippen LogP contribution in [0.5, 0.6) is 0 Å². The molecule has 0 aliphatic heterocycles. The summed E-state index contributed by atoms with van der Waals surface area (Å²) in [5.74, 6) is -1.05. The second kappa shape index (κ2) is 3.72. The first kappa shape index (κ1) is 9.26. The largest absolute Gasteiger partial charge is 0.481 e. The van der Waals surface area contributed by atoms with E-state index in [1.54, 1.807) is 11.3 Å². The second-order valence-electron chi connectivity index (χ2n) is 2.79. The van der Waals surface area contributed by atoms with E-state index in [2.05, 4.69) is 0 Å². The molecule has 1 atom stereocenters. The van der Waals surface area contributed by atoms with Crippen molar-refractivity contribution in [2.24, 2.45) is 0 Å². The Morgan fingerprint density at radius 3 is 2.75 bits per heavy atom. The number of hydrogen-bond donors (Lipinski definition) is 1. The van der Waals surface area contributed by atoms with E-state index in [1.165, 1.54) is 4.88 Å². The van der Waals surface area contributed by atoms with E-state index in [0.717, 1.165) is 5.56 Å². The third kappa shape index (κ3) is 1.85. The number of thiophene rings is 1. The Morgan fingerprint density at radius 1 is 1.75 bits per heavy atom. The first-order valence-electron chi connectivity index (χ1n) is 3.93. The van der Waals surface area contributed by atoms with Gasteiger partial charge in [0.15, 0.2) is 0 Å². The first-order chi connectivity index (χ1) is 5.65. The Hall–Kier alpha value is -0.830. The molecule has 1 rings (SSSR count). The summed E-state index contributed by atoms with van der Waals surface area (Å²) in [5.41, 5.74) is 0.938. The topological polar surface area (TPSA) is 37.3 Å². The maximum atomic E-state index is 10.7. The predicted octanol–water partition coefficient (Wildman–Crippen LogP) is 2.63. The van der Waals surface area contributed by atoms with E-state index in [0.29, 0.717) is 6.42 Å². The average molecular weight is 184 g/mol. The molecule has 1 aromatic rings. The molecule has 0 aliphatic carbocycles. The zero-order valence-corrected chi connectivity index (χ0v) is 8.02. The van der Waals surface area contributed by atoms with Crippen molar-refractivity contribution in [2.75, 3.05) is 0 Å². The van der Waals surface area contributed by atoms with Crippen LogP contribution in [0.2, 0.25) is 0 Å². The molecule has 1 N–H and O–H groups in total. The van der Waals surface area contributed by atoms with Gasteiger partial charge in [-0.3, -0.25) is 4.79 Å². The van der Waals surface area contributed by atoms with Gasteiger partial charge in [-0.1, -0.05) is 6.92 Å². The number of rotatable bonds is 3. The Kier molecular flexibility index (Phi) is 2.87. The summed E-state index contributed by atoms with van der Waals surface area (Å²) >= 11 is 1.60. The van der Waals surface area contributed by atoms with Crippen LogP contribution in [0.15, 0.2) is 11.4 Å². The molecule has 0 radical (unpaired) electrons. The first-order valence-corrected chi connectivity index (χ1v) is 4.81. The fourth-order valence-corrected chi connectivity index (χ4v) is 1.96. The van der Waals surface area contributed by atoms with Gasteiger partial charge in [0.25, 0.3) is 0 Å². The average Bonchev–Trinajstić information content (AvgIpc) is 2.37. The maximum Gasteiger partial charge on any atom is 0.310 e. The molecule has 1 heterocycles. The molecular formula is C9H12O2S.